The second-order valence-electron chi connectivity index (χ2n) is 5.03. The smallest absolute Gasteiger partial charge is 0.307 e. The van der Waals surface area contributed by atoms with Gasteiger partial charge in [0.15, 0.2) is 0 Å². The summed E-state index contributed by atoms with van der Waals surface area (Å²) in [6.07, 6.45) is 3.29. The van der Waals surface area contributed by atoms with E-state index in [-0.39, 0.29) is 24.8 Å². The molecule has 2 N–H and O–H groups in total. The van der Waals surface area contributed by atoms with E-state index in [0.29, 0.717) is 24.7 Å². The number of methoxy groups -OCH3 is 1. The summed E-state index contributed by atoms with van der Waals surface area (Å²) in [7, 11) is 1.34. The molecule has 0 atom stereocenters. The number of hydrogen-bond acceptors (Lipinski definition) is 5. The van der Waals surface area contributed by atoms with E-state index in [1.54, 1.807) is 11.1 Å². The normalized spacial score (nSPS) is 10.6. The van der Waals surface area contributed by atoms with Crippen LogP contribution in [0.2, 0.25) is 0 Å². The van der Waals surface area contributed by atoms with E-state index < -0.39 is 0 Å². The van der Waals surface area contributed by atoms with E-state index in [1.165, 1.54) is 18.0 Å². The molecule has 20 heavy (non-hydrogen) atoms. The summed E-state index contributed by atoms with van der Waals surface area (Å²) in [5, 5.41) is 3.98. The Bertz CT molecular complexity index is 456. The number of anilines is 1. The Morgan fingerprint density at radius 1 is 1.50 bits per heavy atom. The van der Waals surface area contributed by atoms with Gasteiger partial charge in [0.05, 0.1) is 25.4 Å². The van der Waals surface area contributed by atoms with Crippen molar-refractivity contribution >= 4 is 17.6 Å². The Morgan fingerprint density at radius 3 is 2.70 bits per heavy atom. The zero-order valence-electron chi connectivity index (χ0n) is 12.2. The Labute approximate surface area is 118 Å². The molecular formula is C13H22N4O3. The quantitative estimate of drug-likeness (QED) is 0.736. The summed E-state index contributed by atoms with van der Waals surface area (Å²) in [6, 6.07) is 0. The second-order valence-corrected chi connectivity index (χ2v) is 5.03. The molecule has 0 radical (unpaired) electrons. The largest absolute Gasteiger partial charge is 0.469 e. The van der Waals surface area contributed by atoms with Crippen LogP contribution in [0, 0.1) is 5.92 Å². The van der Waals surface area contributed by atoms with Crippen molar-refractivity contribution in [2.45, 2.75) is 26.8 Å². The molecule has 112 valence electrons. The molecule has 0 aliphatic heterocycles. The summed E-state index contributed by atoms with van der Waals surface area (Å²) in [5.41, 5.74) is 6.07. The second kappa shape index (κ2) is 7.52. The van der Waals surface area contributed by atoms with Crippen LogP contribution in [0.1, 0.15) is 20.3 Å². The van der Waals surface area contributed by atoms with Crippen molar-refractivity contribution in [3.05, 3.63) is 12.4 Å². The summed E-state index contributed by atoms with van der Waals surface area (Å²) in [4.78, 5) is 25.1. The van der Waals surface area contributed by atoms with Crippen molar-refractivity contribution in [2.75, 3.05) is 25.9 Å². The van der Waals surface area contributed by atoms with Gasteiger partial charge >= 0.3 is 5.97 Å². The molecule has 1 amide bonds. The molecule has 1 aromatic rings. The average Bonchev–Trinajstić information content (AvgIpc) is 2.78. The average molecular weight is 282 g/mol. The summed E-state index contributed by atoms with van der Waals surface area (Å²) < 4.78 is 6.09. The highest BCUT2D eigenvalue weighted by Crippen LogP contribution is 2.04. The van der Waals surface area contributed by atoms with Crippen LogP contribution in [-0.2, 0) is 20.9 Å². The summed E-state index contributed by atoms with van der Waals surface area (Å²) >= 11 is 0. The van der Waals surface area contributed by atoms with Gasteiger partial charge in [0.2, 0.25) is 5.91 Å². The van der Waals surface area contributed by atoms with Crippen LogP contribution in [-0.4, -0.2) is 46.8 Å². The minimum atomic E-state index is -0.324. The number of rotatable bonds is 7. The molecule has 0 bridgehead atoms. The molecule has 7 heteroatoms. The number of carbonyl (C=O) groups is 2. The van der Waals surface area contributed by atoms with Gasteiger partial charge in [-0.3, -0.25) is 14.3 Å². The fraction of sp³-hybridized carbons (Fsp3) is 0.615. The van der Waals surface area contributed by atoms with Crippen molar-refractivity contribution < 1.29 is 14.3 Å². The van der Waals surface area contributed by atoms with Crippen LogP contribution in [0.15, 0.2) is 12.4 Å². The van der Waals surface area contributed by atoms with Crippen molar-refractivity contribution in [2.24, 2.45) is 5.92 Å². The zero-order valence-corrected chi connectivity index (χ0v) is 12.2. The molecule has 0 aromatic carbocycles. The van der Waals surface area contributed by atoms with E-state index >= 15 is 0 Å². The minimum absolute atomic E-state index is 0.0919. The first-order chi connectivity index (χ1) is 9.42. The number of carbonyl (C=O) groups excluding carboxylic acids is 2. The Balaban J connectivity index is 2.61. The standard InChI is InChI=1S/C13H22N4O3/c1-10(2)7-16(5-4-13(19)20-3)12(18)9-17-8-11(14)6-15-17/h6,8,10H,4-5,7,9,14H2,1-3H3. The first kappa shape index (κ1) is 16.0. The van der Waals surface area contributed by atoms with Gasteiger partial charge in [0.25, 0.3) is 0 Å². The number of esters is 1. The molecule has 1 heterocycles. The van der Waals surface area contributed by atoms with E-state index in [2.05, 4.69) is 9.84 Å². The lowest BCUT2D eigenvalue weighted by molar-refractivity contribution is -0.142. The molecule has 7 nitrogen and oxygen atoms in total. The monoisotopic (exact) mass is 282 g/mol. The van der Waals surface area contributed by atoms with Gasteiger partial charge in [-0.1, -0.05) is 13.8 Å². The molecule has 0 spiro atoms. The van der Waals surface area contributed by atoms with Crippen LogP contribution >= 0.6 is 0 Å². The number of aromatic nitrogens is 2. The number of amides is 1. The minimum Gasteiger partial charge on any atom is -0.469 e. The van der Waals surface area contributed by atoms with E-state index in [4.69, 9.17) is 5.73 Å². The third-order valence-electron chi connectivity index (χ3n) is 2.70. The third-order valence-corrected chi connectivity index (χ3v) is 2.70. The zero-order chi connectivity index (χ0) is 15.1. The topological polar surface area (TPSA) is 90.5 Å². The highest BCUT2D eigenvalue weighted by Gasteiger charge is 2.17. The maximum absolute atomic E-state index is 12.2. The predicted molar refractivity (Wildman–Crippen MR) is 74.7 cm³/mol. The number of nitrogen functional groups attached to an aromatic ring is 1. The highest BCUT2D eigenvalue weighted by atomic mass is 16.5. The van der Waals surface area contributed by atoms with Gasteiger partial charge in [-0.05, 0) is 5.92 Å². The summed E-state index contributed by atoms with van der Waals surface area (Å²) in [6.45, 7) is 5.09. The number of nitrogens with two attached hydrogens (primary N) is 1. The molecule has 0 unspecified atom stereocenters. The fourth-order valence-electron chi connectivity index (χ4n) is 1.79. The van der Waals surface area contributed by atoms with Crippen molar-refractivity contribution in [3.63, 3.8) is 0 Å². The van der Waals surface area contributed by atoms with Crippen LogP contribution in [0.5, 0.6) is 0 Å². The van der Waals surface area contributed by atoms with Crippen LogP contribution in [0.25, 0.3) is 0 Å². The number of ether oxygens (including phenoxy) is 1. The predicted octanol–water partition coefficient (Wildman–Crippen LogP) is 0.513. The van der Waals surface area contributed by atoms with Crippen LogP contribution in [0.4, 0.5) is 5.69 Å². The van der Waals surface area contributed by atoms with Crippen molar-refractivity contribution in [1.29, 1.82) is 0 Å². The van der Waals surface area contributed by atoms with E-state index in [0.717, 1.165) is 0 Å². The number of nitrogens with zero attached hydrogens (tertiary/aromatic N) is 3. The first-order valence-electron chi connectivity index (χ1n) is 6.55. The molecule has 1 aromatic heterocycles. The summed E-state index contributed by atoms with van der Waals surface area (Å²) in [5.74, 6) is -0.0973. The Hall–Kier alpha value is -2.05. The Morgan fingerprint density at radius 2 is 2.20 bits per heavy atom. The SMILES string of the molecule is COC(=O)CCN(CC(C)C)C(=O)Cn1cc(N)cn1. The lowest BCUT2D eigenvalue weighted by Gasteiger charge is -2.24. The molecule has 0 saturated heterocycles. The lowest BCUT2D eigenvalue weighted by Crippen LogP contribution is -2.38. The first-order valence-corrected chi connectivity index (χ1v) is 6.55. The molecule has 1 rings (SSSR count). The van der Waals surface area contributed by atoms with Gasteiger partial charge in [-0.25, -0.2) is 0 Å². The van der Waals surface area contributed by atoms with Crippen molar-refractivity contribution in [1.82, 2.24) is 14.7 Å². The van der Waals surface area contributed by atoms with Gasteiger partial charge in [-0.2, -0.15) is 5.10 Å². The Kier molecular flexibility index (Phi) is 6.02. The van der Waals surface area contributed by atoms with Gasteiger partial charge in [0, 0.05) is 19.3 Å². The van der Waals surface area contributed by atoms with Crippen LogP contribution in [0.3, 0.4) is 0 Å². The molecule has 0 fully saturated rings. The lowest BCUT2D eigenvalue weighted by atomic mass is 10.2. The highest BCUT2D eigenvalue weighted by molar-refractivity contribution is 5.77. The van der Waals surface area contributed by atoms with E-state index in [1.807, 2.05) is 13.8 Å². The fourth-order valence-corrected chi connectivity index (χ4v) is 1.79. The number of hydrogen-bond donors (Lipinski definition) is 1. The maximum Gasteiger partial charge on any atom is 0.307 e. The van der Waals surface area contributed by atoms with Crippen molar-refractivity contribution in [3.8, 4) is 0 Å². The van der Waals surface area contributed by atoms with Crippen LogP contribution < -0.4 is 5.73 Å². The van der Waals surface area contributed by atoms with Gasteiger partial charge in [0.1, 0.15) is 6.54 Å². The molecule has 0 saturated carbocycles. The van der Waals surface area contributed by atoms with Gasteiger partial charge < -0.3 is 15.4 Å². The third kappa shape index (κ3) is 5.29. The van der Waals surface area contributed by atoms with Gasteiger partial charge in [-0.15, -0.1) is 0 Å². The molecule has 0 aliphatic rings. The van der Waals surface area contributed by atoms with E-state index in [9.17, 15) is 9.59 Å². The molecule has 0 aliphatic carbocycles. The molecular weight excluding hydrogens is 260 g/mol. The maximum atomic E-state index is 12.2.